The van der Waals surface area contributed by atoms with E-state index in [1.807, 2.05) is 13.0 Å². The van der Waals surface area contributed by atoms with E-state index in [1.54, 1.807) is 12.1 Å². The molecule has 1 aromatic rings. The molecule has 0 aliphatic heterocycles. The lowest BCUT2D eigenvalue weighted by molar-refractivity contribution is 0.437. The van der Waals surface area contributed by atoms with Gasteiger partial charge in [0.15, 0.2) is 0 Å². The Morgan fingerprint density at radius 3 is 2.62 bits per heavy atom. The highest BCUT2D eigenvalue weighted by molar-refractivity contribution is 6.31. The molecule has 0 radical (unpaired) electrons. The Kier molecular flexibility index (Phi) is 5.30. The lowest BCUT2D eigenvalue weighted by atomic mass is 10.1. The third-order valence-electron chi connectivity index (χ3n) is 1.79. The molecule has 0 aromatic heterocycles. The van der Waals surface area contributed by atoms with Gasteiger partial charge in [0, 0.05) is 5.02 Å². The van der Waals surface area contributed by atoms with E-state index in [9.17, 15) is 4.39 Å². The molecule has 4 heteroatoms. The summed E-state index contributed by atoms with van der Waals surface area (Å²) in [4.78, 5) is 0. The molecule has 0 unspecified atom stereocenters. The van der Waals surface area contributed by atoms with Crippen LogP contribution in [0.25, 0.3) is 0 Å². The van der Waals surface area contributed by atoms with Crippen molar-refractivity contribution in [3.63, 3.8) is 0 Å². The van der Waals surface area contributed by atoms with E-state index >= 15 is 0 Å². The normalized spacial score (nSPS) is 12.0. The Bertz CT molecular complexity index is 278. The minimum atomic E-state index is -0.556. The Hall–Kier alpha value is -0.310. The smallest absolute Gasteiger partial charge is 0.109 e. The summed E-state index contributed by atoms with van der Waals surface area (Å²) in [5, 5.41) is 0.636. The zero-order chi connectivity index (χ0) is 9.14. The number of hydrogen-bond acceptors (Lipinski definition) is 1. The lowest BCUT2D eigenvalue weighted by Gasteiger charge is -2.08. The molecular weight excluding hydrogens is 212 g/mol. The number of aryl methyl sites for hydroxylation is 1. The highest BCUT2D eigenvalue weighted by Crippen LogP contribution is 2.20. The quantitative estimate of drug-likeness (QED) is 0.820. The zero-order valence-electron chi connectivity index (χ0n) is 7.26. The molecule has 0 saturated carbocycles. The predicted molar refractivity (Wildman–Crippen MR) is 56.3 cm³/mol. The molecule has 0 aliphatic rings. The van der Waals surface area contributed by atoms with E-state index in [0.29, 0.717) is 5.02 Å². The van der Waals surface area contributed by atoms with Crippen molar-refractivity contribution in [2.24, 2.45) is 5.73 Å². The third-order valence-corrected chi connectivity index (χ3v) is 2.20. The van der Waals surface area contributed by atoms with Crippen molar-refractivity contribution < 1.29 is 4.39 Å². The summed E-state index contributed by atoms with van der Waals surface area (Å²) in [5.74, 6) is 0. The summed E-state index contributed by atoms with van der Waals surface area (Å²) < 4.78 is 12.1. The summed E-state index contributed by atoms with van der Waals surface area (Å²) in [6.45, 7) is 1.34. The van der Waals surface area contributed by atoms with Crippen LogP contribution in [-0.2, 0) is 0 Å². The average molecular weight is 224 g/mol. The molecule has 0 heterocycles. The van der Waals surface area contributed by atoms with Gasteiger partial charge in [0.25, 0.3) is 0 Å². The minimum Gasteiger partial charge on any atom is -0.322 e. The van der Waals surface area contributed by atoms with Crippen LogP contribution < -0.4 is 5.73 Å². The van der Waals surface area contributed by atoms with Crippen LogP contribution in [0.15, 0.2) is 18.2 Å². The Balaban J connectivity index is 0.00000144. The van der Waals surface area contributed by atoms with Crippen LogP contribution in [0.1, 0.15) is 17.2 Å². The second-order valence-corrected chi connectivity index (χ2v) is 3.18. The molecule has 0 aliphatic carbocycles. The molecule has 1 aromatic carbocycles. The fourth-order valence-corrected chi connectivity index (χ4v) is 1.12. The Morgan fingerprint density at radius 2 is 2.15 bits per heavy atom. The Labute approximate surface area is 88.5 Å². The SMILES string of the molecule is Cc1ccc([C@@H](N)CF)cc1Cl.Cl. The molecule has 1 atom stereocenters. The Morgan fingerprint density at radius 1 is 1.54 bits per heavy atom. The summed E-state index contributed by atoms with van der Waals surface area (Å²) in [7, 11) is 0. The first-order valence-corrected chi connectivity index (χ1v) is 4.10. The number of benzene rings is 1. The molecule has 0 saturated heterocycles. The van der Waals surface area contributed by atoms with Gasteiger partial charge in [-0.2, -0.15) is 0 Å². The lowest BCUT2D eigenvalue weighted by Crippen LogP contribution is -2.11. The molecule has 2 N–H and O–H groups in total. The fraction of sp³-hybridized carbons (Fsp3) is 0.333. The molecule has 0 spiro atoms. The van der Waals surface area contributed by atoms with Crippen molar-refractivity contribution in [2.75, 3.05) is 6.67 Å². The van der Waals surface area contributed by atoms with Gasteiger partial charge in [0.2, 0.25) is 0 Å². The van der Waals surface area contributed by atoms with E-state index in [2.05, 4.69) is 0 Å². The fourth-order valence-electron chi connectivity index (χ4n) is 0.929. The molecule has 74 valence electrons. The maximum atomic E-state index is 12.1. The monoisotopic (exact) mass is 223 g/mol. The standard InChI is InChI=1S/C9H11ClFN.ClH/c1-6-2-3-7(4-8(6)10)9(12)5-11;/h2-4,9H,5,12H2,1H3;1H/t9-;/m0./s1. The molecular formula is C9H12Cl2FN. The highest BCUT2D eigenvalue weighted by atomic mass is 35.5. The zero-order valence-corrected chi connectivity index (χ0v) is 8.83. The number of rotatable bonds is 2. The van der Waals surface area contributed by atoms with Gasteiger partial charge >= 0.3 is 0 Å². The maximum absolute atomic E-state index is 12.1. The van der Waals surface area contributed by atoms with Gasteiger partial charge in [-0.25, -0.2) is 4.39 Å². The van der Waals surface area contributed by atoms with E-state index < -0.39 is 12.7 Å². The van der Waals surface area contributed by atoms with Gasteiger partial charge in [-0.15, -0.1) is 12.4 Å². The van der Waals surface area contributed by atoms with Crippen LogP contribution in [-0.4, -0.2) is 6.67 Å². The first-order valence-electron chi connectivity index (χ1n) is 3.72. The van der Waals surface area contributed by atoms with Crippen molar-refractivity contribution in [1.82, 2.24) is 0 Å². The topological polar surface area (TPSA) is 26.0 Å². The van der Waals surface area contributed by atoms with Crippen LogP contribution >= 0.6 is 24.0 Å². The van der Waals surface area contributed by atoms with Gasteiger partial charge < -0.3 is 5.73 Å². The van der Waals surface area contributed by atoms with Crippen LogP contribution in [0, 0.1) is 6.92 Å². The van der Waals surface area contributed by atoms with Crippen molar-refractivity contribution in [1.29, 1.82) is 0 Å². The van der Waals surface area contributed by atoms with E-state index in [1.165, 1.54) is 0 Å². The minimum absolute atomic E-state index is 0. The van der Waals surface area contributed by atoms with E-state index in [4.69, 9.17) is 17.3 Å². The molecule has 1 rings (SSSR count). The van der Waals surface area contributed by atoms with Crippen molar-refractivity contribution >= 4 is 24.0 Å². The first-order chi connectivity index (χ1) is 5.65. The molecule has 0 bridgehead atoms. The summed E-state index contributed by atoms with van der Waals surface area (Å²) in [6, 6.07) is 4.79. The van der Waals surface area contributed by atoms with Gasteiger partial charge in [-0.05, 0) is 24.1 Å². The number of hydrogen-bond donors (Lipinski definition) is 1. The maximum Gasteiger partial charge on any atom is 0.109 e. The van der Waals surface area contributed by atoms with Crippen LogP contribution in [0.2, 0.25) is 5.02 Å². The third kappa shape index (κ3) is 3.14. The van der Waals surface area contributed by atoms with Gasteiger partial charge in [-0.3, -0.25) is 0 Å². The largest absolute Gasteiger partial charge is 0.322 e. The van der Waals surface area contributed by atoms with Crippen molar-refractivity contribution in [2.45, 2.75) is 13.0 Å². The van der Waals surface area contributed by atoms with Crippen LogP contribution in [0.4, 0.5) is 4.39 Å². The molecule has 0 fully saturated rings. The second-order valence-electron chi connectivity index (χ2n) is 2.77. The molecule has 0 amide bonds. The molecule has 13 heavy (non-hydrogen) atoms. The van der Waals surface area contributed by atoms with E-state index in [-0.39, 0.29) is 12.4 Å². The molecule has 1 nitrogen and oxygen atoms in total. The summed E-state index contributed by atoms with van der Waals surface area (Å²) in [5.41, 5.74) is 7.20. The summed E-state index contributed by atoms with van der Waals surface area (Å²) >= 11 is 5.84. The van der Waals surface area contributed by atoms with E-state index in [0.717, 1.165) is 11.1 Å². The van der Waals surface area contributed by atoms with Crippen LogP contribution in [0.3, 0.4) is 0 Å². The van der Waals surface area contributed by atoms with Crippen LogP contribution in [0.5, 0.6) is 0 Å². The first kappa shape index (κ1) is 12.7. The second kappa shape index (κ2) is 5.43. The number of nitrogens with two attached hydrogens (primary N) is 1. The average Bonchev–Trinajstić information content (AvgIpc) is 2.08. The highest BCUT2D eigenvalue weighted by Gasteiger charge is 2.05. The van der Waals surface area contributed by atoms with Crippen molar-refractivity contribution in [3.8, 4) is 0 Å². The predicted octanol–water partition coefficient (Wildman–Crippen LogP) is 3.04. The van der Waals surface area contributed by atoms with Crippen molar-refractivity contribution in [3.05, 3.63) is 34.3 Å². The summed E-state index contributed by atoms with van der Waals surface area (Å²) in [6.07, 6.45) is 0. The number of alkyl halides is 1. The number of halogens is 3. The van der Waals surface area contributed by atoms with Gasteiger partial charge in [0.1, 0.15) is 6.67 Å². The van der Waals surface area contributed by atoms with Gasteiger partial charge in [0.05, 0.1) is 6.04 Å². The van der Waals surface area contributed by atoms with Gasteiger partial charge in [-0.1, -0.05) is 23.7 Å².